The van der Waals surface area contributed by atoms with Gasteiger partial charge in [-0.25, -0.2) is 0 Å². The average Bonchev–Trinajstić information content (AvgIpc) is 2.76. The summed E-state index contributed by atoms with van der Waals surface area (Å²) in [5.41, 5.74) is 12.3. The maximum atomic E-state index is 13.1. The number of ether oxygens (including phenoxy) is 1. The van der Waals surface area contributed by atoms with Crippen molar-refractivity contribution in [2.24, 2.45) is 34.6 Å². The number of nitrogens with two attached hydrogens (primary N) is 2. The second kappa shape index (κ2) is 8.15. The number of morpholine rings is 1. The lowest BCUT2D eigenvalue weighted by atomic mass is 9.47. The highest BCUT2D eigenvalue weighted by molar-refractivity contribution is 5.92. The standard InChI is InChI=1S/C24H32N4O4/c25-21(29)16-3-1-14(2-4-16)12-28-5-6-32-19(13-28)22(30)27-20-17-7-15-8-18(20)11-24(9-15,10-17)23(26)31/h1-4,15,17-20H,5-13H2,(H2,25,29)(H2,26,31)(H,27,30)/t15?,17?,18?,19-,20?,24?/m1/s1. The van der Waals surface area contributed by atoms with Gasteiger partial charge in [0.15, 0.2) is 0 Å². The van der Waals surface area contributed by atoms with Gasteiger partial charge in [0, 0.05) is 36.7 Å². The molecule has 1 saturated heterocycles. The van der Waals surface area contributed by atoms with E-state index in [-0.39, 0.29) is 23.3 Å². The lowest BCUT2D eigenvalue weighted by Crippen LogP contribution is -2.63. The number of carbonyl (C=O) groups is 3. The van der Waals surface area contributed by atoms with Crippen LogP contribution in [0.4, 0.5) is 0 Å². The van der Waals surface area contributed by atoms with Crippen molar-refractivity contribution in [3.05, 3.63) is 35.4 Å². The number of hydrogen-bond acceptors (Lipinski definition) is 5. The maximum absolute atomic E-state index is 13.1. The molecule has 5 N–H and O–H groups in total. The first kappa shape index (κ1) is 21.4. The Morgan fingerprint density at radius 3 is 2.38 bits per heavy atom. The number of benzene rings is 1. The molecule has 8 heteroatoms. The molecule has 4 aliphatic carbocycles. The number of rotatable bonds is 6. The number of primary amides is 2. The van der Waals surface area contributed by atoms with Gasteiger partial charge >= 0.3 is 0 Å². The van der Waals surface area contributed by atoms with Gasteiger partial charge in [-0.3, -0.25) is 19.3 Å². The number of nitrogens with zero attached hydrogens (tertiary/aromatic N) is 1. The minimum absolute atomic E-state index is 0.0515. The summed E-state index contributed by atoms with van der Waals surface area (Å²) in [6, 6.07) is 7.37. The van der Waals surface area contributed by atoms with E-state index in [4.69, 9.17) is 16.2 Å². The first-order valence-corrected chi connectivity index (χ1v) is 11.7. The first-order chi connectivity index (χ1) is 15.3. The van der Waals surface area contributed by atoms with Gasteiger partial charge in [-0.1, -0.05) is 12.1 Å². The summed E-state index contributed by atoms with van der Waals surface area (Å²) in [5, 5.41) is 3.30. The molecule has 8 nitrogen and oxygen atoms in total. The molecule has 2 unspecified atom stereocenters. The zero-order valence-corrected chi connectivity index (χ0v) is 18.3. The van der Waals surface area contributed by atoms with E-state index in [2.05, 4.69) is 10.2 Å². The highest BCUT2D eigenvalue weighted by atomic mass is 16.5. The fraction of sp³-hybridized carbons (Fsp3) is 0.625. The Kier molecular flexibility index (Phi) is 5.45. The van der Waals surface area contributed by atoms with E-state index in [1.807, 2.05) is 12.1 Å². The van der Waals surface area contributed by atoms with Gasteiger partial charge in [0.1, 0.15) is 6.10 Å². The summed E-state index contributed by atoms with van der Waals surface area (Å²) in [5.74, 6) is 0.588. The molecule has 6 rings (SSSR count). The van der Waals surface area contributed by atoms with Crippen LogP contribution in [0.5, 0.6) is 0 Å². The minimum Gasteiger partial charge on any atom is -0.369 e. The Labute approximate surface area is 188 Å². The van der Waals surface area contributed by atoms with Crippen molar-refractivity contribution in [3.8, 4) is 0 Å². The number of amides is 3. The van der Waals surface area contributed by atoms with Gasteiger partial charge in [0.05, 0.1) is 6.61 Å². The molecule has 5 fully saturated rings. The smallest absolute Gasteiger partial charge is 0.250 e. The van der Waals surface area contributed by atoms with Crippen molar-refractivity contribution in [3.63, 3.8) is 0 Å². The molecule has 1 aromatic rings. The molecule has 3 atom stereocenters. The average molecular weight is 441 g/mol. The molecule has 3 amide bonds. The fourth-order valence-electron chi connectivity index (χ4n) is 6.86. The van der Waals surface area contributed by atoms with Crippen LogP contribution in [0.1, 0.15) is 48.0 Å². The molecule has 172 valence electrons. The van der Waals surface area contributed by atoms with Gasteiger partial charge < -0.3 is 21.5 Å². The highest BCUT2D eigenvalue weighted by Gasteiger charge is 2.58. The lowest BCUT2D eigenvalue weighted by Gasteiger charge is -2.59. The third-order valence-electron chi connectivity index (χ3n) is 8.19. The predicted octanol–water partition coefficient (Wildman–Crippen LogP) is 0.783. The monoisotopic (exact) mass is 440 g/mol. The van der Waals surface area contributed by atoms with E-state index >= 15 is 0 Å². The summed E-state index contributed by atoms with van der Waals surface area (Å²) in [6.07, 6.45) is 4.19. The second-order valence-corrected chi connectivity index (χ2v) is 10.3. The summed E-state index contributed by atoms with van der Waals surface area (Å²) in [7, 11) is 0. The van der Waals surface area contributed by atoms with Crippen molar-refractivity contribution in [2.75, 3.05) is 19.7 Å². The van der Waals surface area contributed by atoms with Crippen LogP contribution >= 0.6 is 0 Å². The van der Waals surface area contributed by atoms with Crippen molar-refractivity contribution in [1.29, 1.82) is 0 Å². The summed E-state index contributed by atoms with van der Waals surface area (Å²) < 4.78 is 5.82. The van der Waals surface area contributed by atoms with E-state index in [9.17, 15) is 14.4 Å². The molecule has 4 saturated carbocycles. The fourth-order valence-corrected chi connectivity index (χ4v) is 6.86. The van der Waals surface area contributed by atoms with Crippen molar-refractivity contribution in [2.45, 2.75) is 50.8 Å². The van der Waals surface area contributed by atoms with Crippen molar-refractivity contribution < 1.29 is 19.1 Å². The van der Waals surface area contributed by atoms with E-state index in [0.29, 0.717) is 43.0 Å². The normalized spacial score (nSPS) is 36.1. The molecule has 5 aliphatic rings. The Balaban J connectivity index is 1.19. The van der Waals surface area contributed by atoms with Gasteiger partial charge in [-0.05, 0) is 67.6 Å². The van der Waals surface area contributed by atoms with Gasteiger partial charge in [0.2, 0.25) is 11.8 Å². The van der Waals surface area contributed by atoms with Crippen LogP contribution in [0.25, 0.3) is 0 Å². The van der Waals surface area contributed by atoms with Crippen LogP contribution in [-0.4, -0.2) is 54.5 Å². The molecule has 1 heterocycles. The van der Waals surface area contributed by atoms with E-state index in [1.165, 1.54) is 0 Å². The summed E-state index contributed by atoms with van der Waals surface area (Å²) >= 11 is 0. The molecule has 4 bridgehead atoms. The van der Waals surface area contributed by atoms with Crippen LogP contribution in [0, 0.1) is 23.2 Å². The lowest BCUT2D eigenvalue weighted by molar-refractivity contribution is -0.151. The van der Waals surface area contributed by atoms with Crippen molar-refractivity contribution >= 4 is 17.7 Å². The topological polar surface area (TPSA) is 128 Å². The largest absolute Gasteiger partial charge is 0.369 e. The van der Waals surface area contributed by atoms with Crippen LogP contribution in [0.3, 0.4) is 0 Å². The Morgan fingerprint density at radius 2 is 1.75 bits per heavy atom. The minimum atomic E-state index is -0.504. The number of nitrogens with one attached hydrogen (secondary N) is 1. The Morgan fingerprint density at radius 1 is 1.06 bits per heavy atom. The van der Waals surface area contributed by atoms with Gasteiger partial charge in [-0.15, -0.1) is 0 Å². The summed E-state index contributed by atoms with van der Waals surface area (Å²) in [4.78, 5) is 38.7. The van der Waals surface area contributed by atoms with E-state index in [0.717, 1.165) is 44.2 Å². The Hall–Kier alpha value is -2.45. The quantitative estimate of drug-likeness (QED) is 0.602. The van der Waals surface area contributed by atoms with E-state index in [1.54, 1.807) is 12.1 Å². The second-order valence-electron chi connectivity index (χ2n) is 10.3. The van der Waals surface area contributed by atoms with Crippen molar-refractivity contribution in [1.82, 2.24) is 10.2 Å². The number of carbonyl (C=O) groups excluding carboxylic acids is 3. The molecule has 1 aromatic carbocycles. The van der Waals surface area contributed by atoms with E-state index < -0.39 is 12.0 Å². The van der Waals surface area contributed by atoms with Crippen LogP contribution < -0.4 is 16.8 Å². The predicted molar refractivity (Wildman–Crippen MR) is 117 cm³/mol. The molecule has 0 spiro atoms. The zero-order chi connectivity index (χ0) is 22.5. The van der Waals surface area contributed by atoms with Crippen LogP contribution in [-0.2, 0) is 20.9 Å². The highest BCUT2D eigenvalue weighted by Crippen LogP contribution is 2.59. The third kappa shape index (κ3) is 3.90. The molecule has 1 aliphatic heterocycles. The molecular formula is C24H32N4O4. The third-order valence-corrected chi connectivity index (χ3v) is 8.19. The Bertz CT molecular complexity index is 901. The van der Waals surface area contributed by atoms with Gasteiger partial charge in [0.25, 0.3) is 5.91 Å². The maximum Gasteiger partial charge on any atom is 0.250 e. The first-order valence-electron chi connectivity index (χ1n) is 11.7. The molecular weight excluding hydrogens is 408 g/mol. The van der Waals surface area contributed by atoms with Crippen LogP contribution in [0.2, 0.25) is 0 Å². The molecule has 0 radical (unpaired) electrons. The zero-order valence-electron chi connectivity index (χ0n) is 18.3. The van der Waals surface area contributed by atoms with Crippen LogP contribution in [0.15, 0.2) is 24.3 Å². The number of hydrogen-bond donors (Lipinski definition) is 3. The summed E-state index contributed by atoms with van der Waals surface area (Å²) in [6.45, 7) is 2.46. The SMILES string of the molecule is NC(=O)c1ccc(CN2CCO[C@@H](C(=O)NC3C4CC5CC3CC(C(N)=O)(C5)C4)C2)cc1. The molecule has 32 heavy (non-hydrogen) atoms. The molecule has 0 aromatic heterocycles. The van der Waals surface area contributed by atoms with Gasteiger partial charge in [-0.2, -0.15) is 0 Å².